The van der Waals surface area contributed by atoms with Crippen LogP contribution in [-0.4, -0.2) is 20.6 Å². The van der Waals surface area contributed by atoms with E-state index < -0.39 is 9.84 Å². The summed E-state index contributed by atoms with van der Waals surface area (Å²) in [5.41, 5.74) is 3.75. The quantitative estimate of drug-likeness (QED) is 0.928. The third-order valence-electron chi connectivity index (χ3n) is 4.32. The van der Waals surface area contributed by atoms with Gasteiger partial charge in [0.25, 0.3) is 5.91 Å². The van der Waals surface area contributed by atoms with Crippen molar-refractivity contribution < 1.29 is 13.2 Å². The smallest absolute Gasteiger partial charge is 0.251 e. The number of hydrogen-bond acceptors (Lipinski definition) is 3. The maximum atomic E-state index is 12.5. The summed E-state index contributed by atoms with van der Waals surface area (Å²) in [6, 6.07) is 15.0. The summed E-state index contributed by atoms with van der Waals surface area (Å²) in [6.45, 7) is 0. The van der Waals surface area contributed by atoms with Gasteiger partial charge in [-0.15, -0.1) is 0 Å². The highest BCUT2D eigenvalue weighted by molar-refractivity contribution is 7.89. The van der Waals surface area contributed by atoms with Crippen molar-refractivity contribution in [1.82, 2.24) is 5.32 Å². The molecule has 5 heteroatoms. The van der Waals surface area contributed by atoms with Crippen molar-refractivity contribution in [2.75, 3.05) is 6.26 Å². The Morgan fingerprint density at radius 3 is 2.54 bits per heavy atom. The molecule has 3 rings (SSSR count). The Kier molecular flexibility index (Phi) is 4.71. The molecule has 1 atom stereocenters. The molecule has 1 aliphatic rings. The average Bonchev–Trinajstić information content (AvgIpc) is 2.54. The zero-order valence-electron chi connectivity index (χ0n) is 13.7. The second-order valence-corrected chi connectivity index (χ2v) is 8.52. The molecule has 2 aromatic rings. The molecule has 2 aromatic carbocycles. The summed E-state index contributed by atoms with van der Waals surface area (Å²) in [6.07, 6.45) is 4.26. The maximum Gasteiger partial charge on any atom is 0.251 e. The molecule has 1 amide bonds. The Labute approximate surface area is 142 Å². The lowest BCUT2D eigenvalue weighted by Crippen LogP contribution is -2.30. The lowest BCUT2D eigenvalue weighted by atomic mass is 9.87. The molecule has 0 fully saturated rings. The molecule has 0 aliphatic heterocycles. The van der Waals surface area contributed by atoms with E-state index in [4.69, 9.17) is 0 Å². The predicted octanol–water partition coefficient (Wildman–Crippen LogP) is 3.04. The summed E-state index contributed by atoms with van der Waals surface area (Å²) >= 11 is 0. The van der Waals surface area contributed by atoms with Crippen molar-refractivity contribution in [3.8, 4) is 0 Å². The SMILES string of the molecule is CS(=O)(=O)Cc1ccc(C(=O)N[C@@H]2CCCc3ccccc32)cc1. The molecule has 126 valence electrons. The van der Waals surface area contributed by atoms with Gasteiger partial charge in [0.2, 0.25) is 0 Å². The summed E-state index contributed by atoms with van der Waals surface area (Å²) in [5.74, 6) is -0.132. The Balaban J connectivity index is 1.72. The fraction of sp³-hybridized carbons (Fsp3) is 0.316. The molecule has 0 saturated heterocycles. The molecule has 0 bridgehead atoms. The highest BCUT2D eigenvalue weighted by Gasteiger charge is 2.21. The molecule has 24 heavy (non-hydrogen) atoms. The maximum absolute atomic E-state index is 12.5. The molecular weight excluding hydrogens is 322 g/mol. The van der Waals surface area contributed by atoms with Crippen molar-refractivity contribution in [2.24, 2.45) is 0 Å². The Morgan fingerprint density at radius 2 is 1.83 bits per heavy atom. The molecular formula is C19H21NO3S. The third-order valence-corrected chi connectivity index (χ3v) is 5.18. The Hall–Kier alpha value is -2.14. The second-order valence-electron chi connectivity index (χ2n) is 6.38. The number of nitrogens with one attached hydrogen (secondary N) is 1. The molecule has 0 radical (unpaired) electrons. The van der Waals surface area contributed by atoms with E-state index in [-0.39, 0.29) is 17.7 Å². The van der Waals surface area contributed by atoms with E-state index in [2.05, 4.69) is 17.4 Å². The predicted molar refractivity (Wildman–Crippen MR) is 94.6 cm³/mol. The number of benzene rings is 2. The lowest BCUT2D eigenvalue weighted by Gasteiger charge is -2.26. The first-order valence-electron chi connectivity index (χ1n) is 8.08. The van der Waals surface area contributed by atoms with Crippen molar-refractivity contribution in [2.45, 2.75) is 31.1 Å². The average molecular weight is 343 g/mol. The van der Waals surface area contributed by atoms with Crippen LogP contribution in [0, 0.1) is 0 Å². The summed E-state index contributed by atoms with van der Waals surface area (Å²) in [4.78, 5) is 12.5. The van der Waals surface area contributed by atoms with Crippen molar-refractivity contribution in [1.29, 1.82) is 0 Å². The van der Waals surface area contributed by atoms with Gasteiger partial charge in [-0.2, -0.15) is 0 Å². The number of carbonyl (C=O) groups excluding carboxylic acids is 1. The number of carbonyl (C=O) groups is 1. The monoisotopic (exact) mass is 343 g/mol. The van der Waals surface area contributed by atoms with Gasteiger partial charge in [-0.25, -0.2) is 8.42 Å². The number of hydrogen-bond donors (Lipinski definition) is 1. The Bertz CT molecular complexity index is 841. The fourth-order valence-electron chi connectivity index (χ4n) is 3.20. The number of amides is 1. The van der Waals surface area contributed by atoms with Crippen molar-refractivity contribution in [3.63, 3.8) is 0 Å². The van der Waals surface area contributed by atoms with Crippen LogP contribution >= 0.6 is 0 Å². The highest BCUT2D eigenvalue weighted by atomic mass is 32.2. The van der Waals surface area contributed by atoms with Crippen LogP contribution in [0.5, 0.6) is 0 Å². The van der Waals surface area contributed by atoms with Crippen LogP contribution in [-0.2, 0) is 22.0 Å². The van der Waals surface area contributed by atoms with Gasteiger partial charge < -0.3 is 5.32 Å². The second kappa shape index (κ2) is 6.77. The Morgan fingerprint density at radius 1 is 1.12 bits per heavy atom. The van der Waals surface area contributed by atoms with Gasteiger partial charge >= 0.3 is 0 Å². The van der Waals surface area contributed by atoms with Crippen LogP contribution in [0.2, 0.25) is 0 Å². The van der Waals surface area contributed by atoms with Crippen LogP contribution in [0.25, 0.3) is 0 Å². The zero-order chi connectivity index (χ0) is 17.2. The molecule has 0 aromatic heterocycles. The molecule has 0 spiro atoms. The van der Waals surface area contributed by atoms with E-state index >= 15 is 0 Å². The number of sulfone groups is 1. The van der Waals surface area contributed by atoms with Gasteiger partial charge in [-0.3, -0.25) is 4.79 Å². The van der Waals surface area contributed by atoms with E-state index in [9.17, 15) is 13.2 Å². The van der Waals surface area contributed by atoms with Crippen molar-refractivity contribution in [3.05, 3.63) is 70.8 Å². The van der Waals surface area contributed by atoms with Gasteiger partial charge in [0, 0.05) is 11.8 Å². The molecule has 1 aliphatic carbocycles. The van der Waals surface area contributed by atoms with Crippen LogP contribution < -0.4 is 5.32 Å². The zero-order valence-corrected chi connectivity index (χ0v) is 14.5. The summed E-state index contributed by atoms with van der Waals surface area (Å²) in [7, 11) is -3.07. The number of fused-ring (bicyclic) bond motifs is 1. The van der Waals surface area contributed by atoms with Gasteiger partial charge in [-0.05, 0) is 48.1 Å². The topological polar surface area (TPSA) is 63.2 Å². The molecule has 1 N–H and O–H groups in total. The molecule has 0 unspecified atom stereocenters. The minimum atomic E-state index is -3.07. The third kappa shape index (κ3) is 4.03. The normalized spacial score (nSPS) is 17.1. The summed E-state index contributed by atoms with van der Waals surface area (Å²) in [5, 5.41) is 3.10. The van der Waals surface area contributed by atoms with Crippen molar-refractivity contribution >= 4 is 15.7 Å². The van der Waals surface area contributed by atoms with E-state index in [1.807, 2.05) is 12.1 Å². The van der Waals surface area contributed by atoms with E-state index in [1.54, 1.807) is 24.3 Å². The van der Waals surface area contributed by atoms with Crippen LogP contribution in [0.4, 0.5) is 0 Å². The van der Waals surface area contributed by atoms with E-state index in [0.29, 0.717) is 11.1 Å². The van der Waals surface area contributed by atoms with Gasteiger partial charge in [-0.1, -0.05) is 36.4 Å². The van der Waals surface area contributed by atoms with Gasteiger partial charge in [0.05, 0.1) is 11.8 Å². The number of rotatable bonds is 4. The largest absolute Gasteiger partial charge is 0.345 e. The minimum Gasteiger partial charge on any atom is -0.345 e. The minimum absolute atomic E-state index is 0.00903. The fourth-order valence-corrected chi connectivity index (χ4v) is 4.00. The number of aryl methyl sites for hydroxylation is 1. The first kappa shape index (κ1) is 16.7. The molecule has 0 saturated carbocycles. The van der Waals surface area contributed by atoms with Gasteiger partial charge in [0.1, 0.15) is 0 Å². The summed E-state index contributed by atoms with van der Waals surface area (Å²) < 4.78 is 22.6. The molecule has 0 heterocycles. The van der Waals surface area contributed by atoms with Gasteiger partial charge in [0.15, 0.2) is 9.84 Å². The first-order chi connectivity index (χ1) is 11.4. The van der Waals surface area contributed by atoms with Crippen LogP contribution in [0.3, 0.4) is 0 Å². The first-order valence-corrected chi connectivity index (χ1v) is 10.1. The highest BCUT2D eigenvalue weighted by Crippen LogP contribution is 2.29. The standard InChI is InChI=1S/C19H21NO3S/c1-24(22,23)13-14-9-11-16(12-10-14)19(21)20-18-8-4-6-15-5-2-3-7-17(15)18/h2-3,5,7,9-12,18H,4,6,8,13H2,1H3,(H,20,21)/t18-/m1/s1. The van der Waals surface area contributed by atoms with Crippen LogP contribution in [0.15, 0.2) is 48.5 Å². The lowest BCUT2D eigenvalue weighted by molar-refractivity contribution is 0.0932. The van der Waals surface area contributed by atoms with Crippen LogP contribution in [0.1, 0.15) is 45.9 Å². The van der Waals surface area contributed by atoms with E-state index in [0.717, 1.165) is 19.3 Å². The van der Waals surface area contributed by atoms with E-state index in [1.165, 1.54) is 17.4 Å². The molecule has 4 nitrogen and oxygen atoms in total.